The van der Waals surface area contributed by atoms with E-state index in [0.29, 0.717) is 16.5 Å². The molecule has 2 aromatic carbocycles. The third-order valence-electron chi connectivity index (χ3n) is 4.50. The first kappa shape index (κ1) is 15.5. The number of carbonyl (C=O) groups is 1. The molecule has 0 amide bonds. The van der Waals surface area contributed by atoms with Gasteiger partial charge in [-0.3, -0.25) is 10.1 Å². The third-order valence-corrected chi connectivity index (χ3v) is 5.34. The van der Waals surface area contributed by atoms with Crippen molar-refractivity contribution in [2.45, 2.75) is 18.5 Å². The molecule has 1 aliphatic rings. The van der Waals surface area contributed by atoms with Gasteiger partial charge in [0.2, 0.25) is 0 Å². The number of fused-ring (bicyclic) bond motifs is 3. The van der Waals surface area contributed by atoms with Crippen LogP contribution in [-0.4, -0.2) is 22.1 Å². The van der Waals surface area contributed by atoms with Crippen molar-refractivity contribution in [3.8, 4) is 0 Å². The van der Waals surface area contributed by atoms with E-state index >= 15 is 0 Å². The molecule has 4 rings (SSSR count). The molecule has 122 valence electrons. The second-order valence-corrected chi connectivity index (χ2v) is 6.69. The first-order valence-electron chi connectivity index (χ1n) is 7.58. The summed E-state index contributed by atoms with van der Waals surface area (Å²) in [7, 11) is 0. The van der Waals surface area contributed by atoms with Gasteiger partial charge >= 0.3 is 5.97 Å². The molecule has 6 heteroatoms. The molecule has 3 aromatic rings. The Labute approximate surface area is 148 Å². The highest BCUT2D eigenvalue weighted by atomic mass is 35.5. The maximum atomic E-state index is 11.6. The number of benzene rings is 2. The normalized spacial score (nSPS) is 20.1. The van der Waals surface area contributed by atoms with Crippen molar-refractivity contribution in [2.75, 3.05) is 0 Å². The molecule has 0 unspecified atom stereocenters. The Morgan fingerprint density at radius 1 is 1.12 bits per heavy atom. The Balaban J connectivity index is 1.94. The zero-order chi connectivity index (χ0) is 16.8. The minimum Gasteiger partial charge on any atom is -0.480 e. The number of nitrogens with one attached hydrogen (secondary N) is 2. The molecule has 1 aromatic heterocycles. The molecule has 0 radical (unpaired) electrons. The number of hydrogen-bond acceptors (Lipinski definition) is 2. The number of carboxylic acid groups (broad SMARTS) is 1. The zero-order valence-corrected chi connectivity index (χ0v) is 14.0. The number of carboxylic acids is 1. The fourth-order valence-electron chi connectivity index (χ4n) is 3.38. The fraction of sp³-hybridized carbons (Fsp3) is 0.167. The van der Waals surface area contributed by atoms with Crippen molar-refractivity contribution in [3.63, 3.8) is 0 Å². The number of para-hydroxylation sites is 1. The van der Waals surface area contributed by atoms with Crippen LogP contribution in [0.4, 0.5) is 0 Å². The molecule has 0 fully saturated rings. The van der Waals surface area contributed by atoms with Gasteiger partial charge in [0.25, 0.3) is 0 Å². The highest BCUT2D eigenvalue weighted by molar-refractivity contribution is 6.42. The van der Waals surface area contributed by atoms with E-state index in [9.17, 15) is 9.90 Å². The van der Waals surface area contributed by atoms with Crippen molar-refractivity contribution in [3.05, 3.63) is 69.3 Å². The van der Waals surface area contributed by atoms with Crippen LogP contribution >= 0.6 is 23.2 Å². The number of rotatable bonds is 2. The summed E-state index contributed by atoms with van der Waals surface area (Å²) in [5.74, 6) is -0.880. The second-order valence-electron chi connectivity index (χ2n) is 5.90. The van der Waals surface area contributed by atoms with E-state index in [4.69, 9.17) is 23.2 Å². The number of aromatic nitrogens is 1. The van der Waals surface area contributed by atoms with Crippen LogP contribution in [0.5, 0.6) is 0 Å². The minimum atomic E-state index is -0.880. The number of H-pyrrole nitrogens is 1. The predicted octanol–water partition coefficient (Wildman–Crippen LogP) is 4.16. The molecule has 2 atom stereocenters. The van der Waals surface area contributed by atoms with Gasteiger partial charge in [-0.15, -0.1) is 0 Å². The van der Waals surface area contributed by atoms with Crippen molar-refractivity contribution in [2.24, 2.45) is 0 Å². The van der Waals surface area contributed by atoms with Crippen LogP contribution in [0.2, 0.25) is 10.0 Å². The third kappa shape index (κ3) is 2.38. The summed E-state index contributed by atoms with van der Waals surface area (Å²) >= 11 is 12.5. The van der Waals surface area contributed by atoms with Crippen LogP contribution in [0.15, 0.2) is 42.5 Å². The molecule has 24 heavy (non-hydrogen) atoms. The van der Waals surface area contributed by atoms with E-state index in [1.165, 1.54) is 0 Å². The molecule has 4 nitrogen and oxygen atoms in total. The zero-order valence-electron chi connectivity index (χ0n) is 12.5. The Kier molecular flexibility index (Phi) is 3.76. The molecule has 3 N–H and O–H groups in total. The first-order chi connectivity index (χ1) is 11.6. The van der Waals surface area contributed by atoms with Gasteiger partial charge in [0.15, 0.2) is 0 Å². The van der Waals surface area contributed by atoms with Crippen LogP contribution in [0.3, 0.4) is 0 Å². The van der Waals surface area contributed by atoms with E-state index in [1.54, 1.807) is 6.07 Å². The van der Waals surface area contributed by atoms with Gasteiger partial charge in [0, 0.05) is 23.0 Å². The van der Waals surface area contributed by atoms with Crippen LogP contribution in [0.1, 0.15) is 22.9 Å². The minimum absolute atomic E-state index is 0.353. The lowest BCUT2D eigenvalue weighted by Crippen LogP contribution is -2.45. The maximum absolute atomic E-state index is 11.6. The van der Waals surface area contributed by atoms with E-state index in [-0.39, 0.29) is 6.04 Å². The Hall–Kier alpha value is -2.01. The highest BCUT2D eigenvalue weighted by Gasteiger charge is 2.34. The maximum Gasteiger partial charge on any atom is 0.321 e. The van der Waals surface area contributed by atoms with E-state index in [0.717, 1.165) is 27.7 Å². The average molecular weight is 361 g/mol. The van der Waals surface area contributed by atoms with Crippen LogP contribution < -0.4 is 5.32 Å². The SMILES string of the molecule is O=C(O)[C@@H]1Cc2c([nH]c3ccccc23)[C@@H](c2cccc(Cl)c2Cl)N1. The fourth-order valence-corrected chi connectivity index (χ4v) is 3.80. The van der Waals surface area contributed by atoms with Gasteiger partial charge in [0.05, 0.1) is 16.1 Å². The molecule has 0 aliphatic carbocycles. The van der Waals surface area contributed by atoms with E-state index in [1.807, 2.05) is 36.4 Å². The van der Waals surface area contributed by atoms with E-state index < -0.39 is 12.0 Å². The Bertz CT molecular complexity index is 951. The molecule has 0 spiro atoms. The van der Waals surface area contributed by atoms with Crippen molar-refractivity contribution >= 4 is 40.1 Å². The largest absolute Gasteiger partial charge is 0.480 e. The monoisotopic (exact) mass is 360 g/mol. The van der Waals surface area contributed by atoms with Gasteiger partial charge in [-0.2, -0.15) is 0 Å². The Morgan fingerprint density at radius 3 is 2.71 bits per heavy atom. The highest BCUT2D eigenvalue weighted by Crippen LogP contribution is 2.39. The van der Waals surface area contributed by atoms with Gasteiger partial charge in [0.1, 0.15) is 6.04 Å². The number of halogens is 2. The topological polar surface area (TPSA) is 65.1 Å². The standard InChI is InChI=1S/C18H14Cl2N2O2/c19-12-6-3-5-10(15(12)20)16-17-11(8-14(22-16)18(23)24)9-4-1-2-7-13(9)21-17/h1-7,14,16,21-22H,8H2,(H,23,24)/t14-,16+/m0/s1. The van der Waals surface area contributed by atoms with Crippen molar-refractivity contribution < 1.29 is 9.90 Å². The molecule has 2 heterocycles. The van der Waals surface area contributed by atoms with Crippen LogP contribution in [0, 0.1) is 0 Å². The molecule has 0 bridgehead atoms. The number of aromatic amines is 1. The summed E-state index contributed by atoms with van der Waals surface area (Å²) in [4.78, 5) is 15.0. The van der Waals surface area contributed by atoms with Gasteiger partial charge in [-0.25, -0.2) is 0 Å². The van der Waals surface area contributed by atoms with Gasteiger partial charge in [-0.1, -0.05) is 53.5 Å². The summed E-state index contributed by atoms with van der Waals surface area (Å²) in [6.07, 6.45) is 0.420. The predicted molar refractivity (Wildman–Crippen MR) is 94.9 cm³/mol. The lowest BCUT2D eigenvalue weighted by atomic mass is 9.90. The molecule has 0 saturated heterocycles. The van der Waals surface area contributed by atoms with Crippen molar-refractivity contribution in [1.82, 2.24) is 10.3 Å². The summed E-state index contributed by atoms with van der Waals surface area (Å²) in [6, 6.07) is 12.3. The number of aliphatic carboxylic acids is 1. The lowest BCUT2D eigenvalue weighted by molar-refractivity contribution is -0.139. The molecule has 0 saturated carbocycles. The number of hydrogen-bond donors (Lipinski definition) is 3. The summed E-state index contributed by atoms with van der Waals surface area (Å²) in [5, 5.41) is 14.6. The van der Waals surface area contributed by atoms with Crippen LogP contribution in [0.25, 0.3) is 10.9 Å². The molecular formula is C18H14Cl2N2O2. The molecule has 1 aliphatic heterocycles. The van der Waals surface area contributed by atoms with Crippen molar-refractivity contribution in [1.29, 1.82) is 0 Å². The second kappa shape index (κ2) is 5.81. The summed E-state index contributed by atoms with van der Waals surface area (Å²) in [6.45, 7) is 0. The average Bonchev–Trinajstić information content (AvgIpc) is 2.95. The smallest absolute Gasteiger partial charge is 0.321 e. The first-order valence-corrected chi connectivity index (χ1v) is 8.34. The molecular weight excluding hydrogens is 347 g/mol. The van der Waals surface area contributed by atoms with Gasteiger partial charge in [-0.05, 0) is 23.3 Å². The summed E-state index contributed by atoms with van der Waals surface area (Å²) in [5.41, 5.74) is 3.71. The Morgan fingerprint density at radius 2 is 1.92 bits per heavy atom. The van der Waals surface area contributed by atoms with E-state index in [2.05, 4.69) is 10.3 Å². The van der Waals surface area contributed by atoms with Gasteiger partial charge < -0.3 is 10.1 Å². The quantitative estimate of drug-likeness (QED) is 0.642. The van der Waals surface area contributed by atoms with Crippen LogP contribution in [-0.2, 0) is 11.2 Å². The lowest BCUT2D eigenvalue weighted by Gasteiger charge is -2.30. The summed E-state index contributed by atoms with van der Waals surface area (Å²) < 4.78 is 0.